The first-order valence-corrected chi connectivity index (χ1v) is 3.39. The van der Waals surface area contributed by atoms with Crippen LogP contribution in [-0.4, -0.2) is 0 Å². The second-order valence-corrected chi connectivity index (χ2v) is 2.24. The van der Waals surface area contributed by atoms with Gasteiger partial charge in [0, 0.05) is 6.42 Å². The molecule has 0 saturated heterocycles. The average Bonchev–Trinajstić information content (AvgIpc) is 1.79. The molecule has 0 fully saturated rings. The largest absolute Gasteiger partial charge is 0.212 e. The van der Waals surface area contributed by atoms with Gasteiger partial charge in [-0.05, 0) is 19.3 Å². The Morgan fingerprint density at radius 1 is 1.11 bits per heavy atom. The Balaban J connectivity index is 2.41. The van der Waals surface area contributed by atoms with E-state index in [2.05, 4.69) is 6.08 Å². The highest BCUT2D eigenvalue weighted by atomic mass is 19.1. The second kappa shape index (κ2) is 3.44. The highest BCUT2D eigenvalue weighted by Gasteiger charge is 1.93. The summed E-state index contributed by atoms with van der Waals surface area (Å²) in [7, 11) is 0. The summed E-state index contributed by atoms with van der Waals surface area (Å²) in [6.07, 6.45) is 9.16. The third kappa shape index (κ3) is 2.45. The molecule has 0 aromatic heterocycles. The molecule has 0 saturated carbocycles. The van der Waals surface area contributed by atoms with Crippen LogP contribution < -0.4 is 0 Å². The molecule has 0 aromatic carbocycles. The Morgan fingerprint density at radius 3 is 2.78 bits per heavy atom. The van der Waals surface area contributed by atoms with Crippen molar-refractivity contribution >= 4 is 0 Å². The first-order chi connectivity index (χ1) is 4.39. The van der Waals surface area contributed by atoms with Crippen LogP contribution in [0, 0.1) is 0 Å². The molecule has 1 rings (SSSR count). The molecule has 0 atom stereocenters. The molecule has 9 heavy (non-hydrogen) atoms. The van der Waals surface area contributed by atoms with Gasteiger partial charge < -0.3 is 0 Å². The topological polar surface area (TPSA) is 0 Å². The molecule has 0 N–H and O–H groups in total. The molecule has 0 aliphatic heterocycles. The van der Waals surface area contributed by atoms with E-state index >= 15 is 0 Å². The fraction of sp³-hybridized carbons (Fsp3) is 0.500. The summed E-state index contributed by atoms with van der Waals surface area (Å²) in [5.74, 6) is 0.0550. The third-order valence-corrected chi connectivity index (χ3v) is 1.42. The first-order valence-electron chi connectivity index (χ1n) is 3.39. The van der Waals surface area contributed by atoms with Crippen molar-refractivity contribution in [1.29, 1.82) is 0 Å². The van der Waals surface area contributed by atoms with Gasteiger partial charge in [0.25, 0.3) is 0 Å². The maximum atomic E-state index is 12.5. The smallest absolute Gasteiger partial charge is 0.0963 e. The van der Waals surface area contributed by atoms with Gasteiger partial charge in [-0.3, -0.25) is 0 Å². The monoisotopic (exact) mass is 126 g/mol. The van der Waals surface area contributed by atoms with E-state index in [9.17, 15) is 4.39 Å². The fourth-order valence-corrected chi connectivity index (χ4v) is 0.895. The quantitative estimate of drug-likeness (QED) is 0.438. The highest BCUT2D eigenvalue weighted by Crippen LogP contribution is 2.12. The van der Waals surface area contributed by atoms with Crippen molar-refractivity contribution in [3.8, 4) is 0 Å². The van der Waals surface area contributed by atoms with Crippen molar-refractivity contribution < 1.29 is 4.39 Å². The maximum absolute atomic E-state index is 12.5. The van der Waals surface area contributed by atoms with E-state index < -0.39 is 0 Å². The van der Waals surface area contributed by atoms with Gasteiger partial charge in [-0.25, -0.2) is 4.39 Å². The minimum absolute atomic E-state index is 0.0550. The molecule has 0 spiro atoms. The average molecular weight is 126 g/mol. The van der Waals surface area contributed by atoms with Gasteiger partial charge in [-0.1, -0.05) is 18.2 Å². The van der Waals surface area contributed by atoms with Crippen molar-refractivity contribution in [2.45, 2.75) is 25.7 Å². The van der Waals surface area contributed by atoms with E-state index in [1.807, 2.05) is 6.08 Å². The molecule has 1 aliphatic rings. The third-order valence-electron chi connectivity index (χ3n) is 1.42. The summed E-state index contributed by atoms with van der Waals surface area (Å²) >= 11 is 0. The Hall–Kier alpha value is -0.590. The minimum atomic E-state index is 0.0550. The zero-order valence-corrected chi connectivity index (χ0v) is 5.44. The van der Waals surface area contributed by atoms with Gasteiger partial charge in [0.15, 0.2) is 0 Å². The summed E-state index contributed by atoms with van der Waals surface area (Å²) in [6, 6.07) is 0. The molecule has 50 valence electrons. The van der Waals surface area contributed by atoms with Crippen LogP contribution in [0.2, 0.25) is 0 Å². The lowest BCUT2D eigenvalue weighted by molar-refractivity contribution is 0.582. The Morgan fingerprint density at radius 2 is 1.89 bits per heavy atom. The van der Waals surface area contributed by atoms with Gasteiger partial charge in [-0.15, -0.1) is 0 Å². The molecule has 0 amide bonds. The summed E-state index contributed by atoms with van der Waals surface area (Å²) in [5.41, 5.74) is 0. The van der Waals surface area contributed by atoms with Gasteiger partial charge in [0.2, 0.25) is 0 Å². The summed E-state index contributed by atoms with van der Waals surface area (Å²) < 4.78 is 12.5. The van der Waals surface area contributed by atoms with Crippen molar-refractivity contribution in [1.82, 2.24) is 0 Å². The van der Waals surface area contributed by atoms with E-state index in [1.165, 1.54) is 0 Å². The minimum Gasteiger partial charge on any atom is -0.212 e. The lowest BCUT2D eigenvalue weighted by Gasteiger charge is -1.97. The van der Waals surface area contributed by atoms with Crippen molar-refractivity contribution in [3.05, 3.63) is 24.1 Å². The van der Waals surface area contributed by atoms with Crippen LogP contribution in [0.15, 0.2) is 24.1 Å². The molecule has 0 radical (unpaired) electrons. The van der Waals surface area contributed by atoms with Crippen molar-refractivity contribution in [2.24, 2.45) is 0 Å². The lowest BCUT2D eigenvalue weighted by Crippen LogP contribution is -1.78. The van der Waals surface area contributed by atoms with Crippen LogP contribution in [0.25, 0.3) is 0 Å². The maximum Gasteiger partial charge on any atom is 0.0963 e. The molecule has 0 heterocycles. The van der Waals surface area contributed by atoms with Crippen LogP contribution in [0.4, 0.5) is 4.39 Å². The number of hydrogen-bond donors (Lipinski definition) is 0. The van der Waals surface area contributed by atoms with E-state index in [0.29, 0.717) is 6.42 Å². The SMILES string of the molecule is F/C1=C/CC/C=C\CC1. The number of hydrogen-bond acceptors (Lipinski definition) is 0. The van der Waals surface area contributed by atoms with Crippen LogP contribution in [0.3, 0.4) is 0 Å². The molecular weight excluding hydrogens is 115 g/mol. The Kier molecular flexibility index (Phi) is 2.49. The number of allylic oxidation sites excluding steroid dienone is 4. The summed E-state index contributed by atoms with van der Waals surface area (Å²) in [4.78, 5) is 0. The molecule has 0 aromatic rings. The van der Waals surface area contributed by atoms with E-state index in [-0.39, 0.29) is 5.83 Å². The van der Waals surface area contributed by atoms with Crippen LogP contribution in [-0.2, 0) is 0 Å². The van der Waals surface area contributed by atoms with E-state index in [0.717, 1.165) is 19.3 Å². The molecule has 1 heteroatoms. The molecular formula is C8H11F. The zero-order chi connectivity index (χ0) is 6.53. The molecule has 1 aliphatic carbocycles. The van der Waals surface area contributed by atoms with Gasteiger partial charge in [0.1, 0.15) is 0 Å². The molecule has 0 nitrogen and oxygen atoms in total. The number of rotatable bonds is 0. The van der Waals surface area contributed by atoms with Crippen molar-refractivity contribution in [2.75, 3.05) is 0 Å². The van der Waals surface area contributed by atoms with Gasteiger partial charge in [-0.2, -0.15) is 0 Å². The predicted molar refractivity (Wildman–Crippen MR) is 36.8 cm³/mol. The lowest BCUT2D eigenvalue weighted by atomic mass is 10.1. The van der Waals surface area contributed by atoms with Crippen molar-refractivity contribution in [3.63, 3.8) is 0 Å². The first kappa shape index (κ1) is 6.53. The predicted octanol–water partition coefficient (Wildman–Crippen LogP) is 2.97. The van der Waals surface area contributed by atoms with E-state index in [1.54, 1.807) is 6.08 Å². The van der Waals surface area contributed by atoms with E-state index in [4.69, 9.17) is 0 Å². The van der Waals surface area contributed by atoms with Crippen LogP contribution in [0.5, 0.6) is 0 Å². The number of halogens is 1. The normalized spacial score (nSPS) is 29.7. The van der Waals surface area contributed by atoms with Gasteiger partial charge >= 0.3 is 0 Å². The Labute approximate surface area is 55.1 Å². The van der Waals surface area contributed by atoms with Gasteiger partial charge in [0.05, 0.1) is 5.83 Å². The molecule has 0 bridgehead atoms. The standard InChI is InChI=1S/C8H11F/c9-8-6-4-2-1-3-5-7-8/h1-2,7H,3-6H2/b2-1-,8-7+. The molecule has 0 unspecified atom stereocenters. The highest BCUT2D eigenvalue weighted by molar-refractivity contribution is 4.98. The second-order valence-electron chi connectivity index (χ2n) is 2.24. The summed E-state index contributed by atoms with van der Waals surface area (Å²) in [5, 5.41) is 0. The van der Waals surface area contributed by atoms with Crippen LogP contribution in [0.1, 0.15) is 25.7 Å². The van der Waals surface area contributed by atoms with Crippen LogP contribution >= 0.6 is 0 Å². The zero-order valence-electron chi connectivity index (χ0n) is 5.44. The Bertz CT molecular complexity index is 134. The summed E-state index contributed by atoms with van der Waals surface area (Å²) in [6.45, 7) is 0. The fourth-order valence-electron chi connectivity index (χ4n) is 0.895.